The van der Waals surface area contributed by atoms with Crippen molar-refractivity contribution in [2.24, 2.45) is 16.4 Å². The van der Waals surface area contributed by atoms with Crippen LogP contribution in [0.3, 0.4) is 0 Å². The van der Waals surface area contributed by atoms with Crippen LogP contribution in [0.25, 0.3) is 5.57 Å². The molecule has 0 bridgehead atoms. The SMILES string of the molecule is CCN(CC)c1ccc(C2=C(O)/C(=C3\C(=O)N(C(C)(C)C)N=C3CC3CCCC3)C2=O)c(NC(=O)C(C)(C)CC)c1. The van der Waals surface area contributed by atoms with Crippen molar-refractivity contribution in [1.82, 2.24) is 5.01 Å². The van der Waals surface area contributed by atoms with Crippen molar-refractivity contribution in [2.75, 3.05) is 23.3 Å². The maximum atomic E-state index is 13.8. The number of aliphatic hydroxyl groups is 1. The average molecular weight is 563 g/mol. The molecule has 0 aromatic heterocycles. The van der Waals surface area contributed by atoms with Gasteiger partial charge in [-0.25, -0.2) is 5.01 Å². The molecule has 2 aliphatic carbocycles. The van der Waals surface area contributed by atoms with Crippen LogP contribution in [-0.2, 0) is 14.4 Å². The van der Waals surface area contributed by atoms with Crippen LogP contribution >= 0.6 is 0 Å². The summed E-state index contributed by atoms with van der Waals surface area (Å²) in [4.78, 5) is 42.9. The van der Waals surface area contributed by atoms with E-state index in [0.29, 0.717) is 35.7 Å². The summed E-state index contributed by atoms with van der Waals surface area (Å²) in [5, 5.41) is 20.6. The topological polar surface area (TPSA) is 102 Å². The van der Waals surface area contributed by atoms with Gasteiger partial charge in [-0.3, -0.25) is 14.4 Å². The number of allylic oxidation sites excluding steroid dienone is 2. The van der Waals surface area contributed by atoms with E-state index in [4.69, 9.17) is 5.10 Å². The number of hydrogen-bond acceptors (Lipinski definition) is 6. The summed E-state index contributed by atoms with van der Waals surface area (Å²) in [7, 11) is 0. The van der Waals surface area contributed by atoms with Gasteiger partial charge in [0.2, 0.25) is 11.7 Å². The molecule has 1 aliphatic heterocycles. The minimum Gasteiger partial charge on any atom is -0.506 e. The van der Waals surface area contributed by atoms with E-state index in [1.165, 1.54) is 5.01 Å². The Morgan fingerprint density at radius 3 is 2.20 bits per heavy atom. The van der Waals surface area contributed by atoms with Crippen molar-refractivity contribution >= 4 is 40.3 Å². The van der Waals surface area contributed by atoms with Crippen molar-refractivity contribution in [3.8, 4) is 0 Å². The van der Waals surface area contributed by atoms with Crippen LogP contribution in [0.5, 0.6) is 0 Å². The van der Waals surface area contributed by atoms with E-state index in [9.17, 15) is 19.5 Å². The van der Waals surface area contributed by atoms with Crippen LogP contribution in [0.2, 0.25) is 0 Å². The van der Waals surface area contributed by atoms with E-state index in [0.717, 1.165) is 44.5 Å². The summed E-state index contributed by atoms with van der Waals surface area (Å²) in [6, 6.07) is 5.54. The molecule has 1 aromatic carbocycles. The van der Waals surface area contributed by atoms with Gasteiger partial charge in [0, 0.05) is 29.8 Å². The van der Waals surface area contributed by atoms with Gasteiger partial charge in [-0.1, -0.05) is 46.5 Å². The molecule has 0 spiro atoms. The van der Waals surface area contributed by atoms with E-state index >= 15 is 0 Å². The molecule has 0 saturated heterocycles. The highest BCUT2D eigenvalue weighted by Gasteiger charge is 2.46. The number of carbonyl (C=O) groups is 3. The Kier molecular flexibility index (Phi) is 8.53. The molecule has 222 valence electrons. The largest absolute Gasteiger partial charge is 0.506 e. The van der Waals surface area contributed by atoms with E-state index in [1.807, 2.05) is 53.7 Å². The molecule has 0 atom stereocenters. The van der Waals surface area contributed by atoms with Gasteiger partial charge in [-0.05, 0) is 71.6 Å². The van der Waals surface area contributed by atoms with Crippen LogP contribution in [0, 0.1) is 11.3 Å². The van der Waals surface area contributed by atoms with Crippen molar-refractivity contribution in [3.63, 3.8) is 0 Å². The van der Waals surface area contributed by atoms with Gasteiger partial charge in [-0.15, -0.1) is 0 Å². The van der Waals surface area contributed by atoms with Crippen molar-refractivity contribution < 1.29 is 19.5 Å². The second kappa shape index (κ2) is 11.5. The van der Waals surface area contributed by atoms with Gasteiger partial charge >= 0.3 is 0 Å². The summed E-state index contributed by atoms with van der Waals surface area (Å²) in [5.74, 6) is -0.722. The first kappa shape index (κ1) is 30.5. The number of anilines is 2. The Labute approximate surface area is 244 Å². The second-order valence-corrected chi connectivity index (χ2v) is 13.1. The lowest BCUT2D eigenvalue weighted by atomic mass is 9.78. The molecule has 0 radical (unpaired) electrons. The van der Waals surface area contributed by atoms with Crippen molar-refractivity contribution in [2.45, 2.75) is 99.5 Å². The number of amides is 2. The number of aliphatic hydroxyl groups excluding tert-OH is 1. The van der Waals surface area contributed by atoms with Crippen LogP contribution in [-0.4, -0.2) is 52.1 Å². The third-order valence-corrected chi connectivity index (χ3v) is 8.83. The van der Waals surface area contributed by atoms with Crippen LogP contribution in [0.15, 0.2) is 40.2 Å². The minimum absolute atomic E-state index is 0.0347. The predicted molar refractivity (Wildman–Crippen MR) is 165 cm³/mol. The summed E-state index contributed by atoms with van der Waals surface area (Å²) in [6.45, 7) is 17.1. The molecule has 4 rings (SSSR count). The lowest BCUT2D eigenvalue weighted by molar-refractivity contribution is -0.130. The number of carbonyl (C=O) groups excluding carboxylic acids is 3. The maximum absolute atomic E-state index is 13.8. The lowest BCUT2D eigenvalue weighted by Crippen LogP contribution is -2.40. The Hall–Kier alpha value is -3.42. The van der Waals surface area contributed by atoms with Crippen molar-refractivity contribution in [1.29, 1.82) is 0 Å². The Bertz CT molecular complexity index is 1340. The molecule has 1 fully saturated rings. The number of ketones is 1. The lowest BCUT2D eigenvalue weighted by Gasteiger charge is -2.29. The fraction of sp³-hybridized carbons (Fsp3) is 0.576. The summed E-state index contributed by atoms with van der Waals surface area (Å²) in [5.41, 5.74) is 1.59. The van der Waals surface area contributed by atoms with Gasteiger partial charge < -0.3 is 15.3 Å². The number of Topliss-reactive ketones (excluding diaryl/α,β-unsaturated/α-hetero) is 1. The van der Waals surface area contributed by atoms with Crippen LogP contribution in [0.4, 0.5) is 11.4 Å². The zero-order valence-corrected chi connectivity index (χ0v) is 26.0. The Morgan fingerprint density at radius 1 is 1.02 bits per heavy atom. The number of hydrazone groups is 1. The fourth-order valence-electron chi connectivity index (χ4n) is 5.76. The van der Waals surface area contributed by atoms with Crippen LogP contribution < -0.4 is 10.2 Å². The summed E-state index contributed by atoms with van der Waals surface area (Å²) >= 11 is 0. The highest BCUT2D eigenvalue weighted by molar-refractivity contribution is 6.44. The molecule has 0 unspecified atom stereocenters. The maximum Gasteiger partial charge on any atom is 0.277 e. The highest BCUT2D eigenvalue weighted by atomic mass is 16.3. The zero-order chi connectivity index (χ0) is 30.3. The smallest absolute Gasteiger partial charge is 0.277 e. The average Bonchev–Trinajstić information content (AvgIpc) is 3.54. The van der Waals surface area contributed by atoms with Gasteiger partial charge in [0.05, 0.1) is 33.7 Å². The number of nitrogens with one attached hydrogen (secondary N) is 1. The van der Waals surface area contributed by atoms with Gasteiger partial charge in [0.15, 0.2) is 0 Å². The van der Waals surface area contributed by atoms with E-state index in [2.05, 4.69) is 24.1 Å². The Balaban J connectivity index is 1.82. The van der Waals surface area contributed by atoms with Crippen LogP contribution in [0.1, 0.15) is 99.5 Å². The molecule has 1 aromatic rings. The molecule has 2 amide bonds. The van der Waals surface area contributed by atoms with Gasteiger partial charge in [0.25, 0.3) is 5.91 Å². The molecular weight excluding hydrogens is 516 g/mol. The van der Waals surface area contributed by atoms with E-state index < -0.39 is 16.7 Å². The second-order valence-electron chi connectivity index (χ2n) is 13.1. The monoisotopic (exact) mass is 562 g/mol. The molecule has 41 heavy (non-hydrogen) atoms. The Morgan fingerprint density at radius 2 is 1.66 bits per heavy atom. The highest BCUT2D eigenvalue weighted by Crippen LogP contribution is 2.44. The normalized spacial score (nSPS) is 20.1. The first-order valence-corrected chi connectivity index (χ1v) is 15.1. The summed E-state index contributed by atoms with van der Waals surface area (Å²) < 4.78 is 0. The molecular formula is C33H46N4O4. The van der Waals surface area contributed by atoms with Gasteiger partial charge in [-0.2, -0.15) is 5.10 Å². The summed E-state index contributed by atoms with van der Waals surface area (Å²) in [6.07, 6.45) is 5.70. The molecule has 1 heterocycles. The quantitative estimate of drug-likeness (QED) is 0.329. The first-order valence-electron chi connectivity index (χ1n) is 15.1. The fourth-order valence-corrected chi connectivity index (χ4v) is 5.76. The third-order valence-electron chi connectivity index (χ3n) is 8.83. The minimum atomic E-state index is -0.617. The third kappa shape index (κ3) is 5.70. The van der Waals surface area contributed by atoms with Gasteiger partial charge in [0.1, 0.15) is 5.76 Å². The molecule has 8 heteroatoms. The van der Waals surface area contributed by atoms with E-state index in [1.54, 1.807) is 6.07 Å². The first-order chi connectivity index (χ1) is 19.2. The number of hydrogen-bond donors (Lipinski definition) is 2. The molecule has 8 nitrogen and oxygen atoms in total. The predicted octanol–water partition coefficient (Wildman–Crippen LogP) is 6.63. The number of rotatable bonds is 9. The number of benzene rings is 1. The standard InChI is InChI=1S/C33H46N4O4/c1-9-33(7,8)31(41)34-23-19-21(36(10-2)11-3)16-17-22(23)25-28(38)27(29(25)39)26-24(18-20-14-12-13-15-20)35-37(30(26)40)32(4,5)6/h16-17,19-20,38H,9-15,18H2,1-8H3,(H,34,41)/b27-26+. The zero-order valence-electron chi connectivity index (χ0n) is 26.0. The van der Waals surface area contributed by atoms with Crippen molar-refractivity contribution in [3.05, 3.63) is 40.7 Å². The molecule has 2 N–H and O–H groups in total. The molecule has 3 aliphatic rings. The van der Waals surface area contributed by atoms with E-state index in [-0.39, 0.29) is 34.3 Å². The molecule has 1 saturated carbocycles. The number of nitrogens with zero attached hydrogens (tertiary/aromatic N) is 3.